The maximum atomic E-state index is 12.2. The van der Waals surface area contributed by atoms with Crippen LogP contribution in [0.15, 0.2) is 0 Å². The molecule has 4 aliphatic carbocycles. The first-order chi connectivity index (χ1) is 14.4. The smallest absolute Gasteiger partial charge is 0.302 e. The van der Waals surface area contributed by atoms with Gasteiger partial charge in [0.05, 0.1) is 11.7 Å². The zero-order valence-electron chi connectivity index (χ0n) is 19.7. The average molecular weight is 437 g/mol. The van der Waals surface area contributed by atoms with Crippen LogP contribution in [-0.2, 0) is 19.1 Å². The number of aliphatic hydroxyl groups is 2. The minimum absolute atomic E-state index is 0.00516. The topological polar surface area (TPSA) is 93.1 Å². The summed E-state index contributed by atoms with van der Waals surface area (Å²) in [6, 6.07) is 0. The van der Waals surface area contributed by atoms with Crippen molar-refractivity contribution < 1.29 is 29.3 Å². The lowest BCUT2D eigenvalue weighted by Gasteiger charge is -2.65. The highest BCUT2D eigenvalue weighted by atomic mass is 16.5. The molecule has 0 radical (unpaired) electrons. The molecule has 4 saturated carbocycles. The first kappa shape index (κ1) is 23.0. The Hall–Kier alpha value is -1.14. The molecule has 2 N–H and O–H groups in total. The van der Waals surface area contributed by atoms with Gasteiger partial charge in [-0.2, -0.15) is 0 Å². The second-order valence-corrected chi connectivity index (χ2v) is 11.4. The lowest BCUT2D eigenvalue weighted by molar-refractivity contribution is -0.253. The summed E-state index contributed by atoms with van der Waals surface area (Å²) in [4.78, 5) is 23.0. The van der Waals surface area contributed by atoms with Crippen molar-refractivity contribution in [3.05, 3.63) is 0 Å². The third kappa shape index (κ3) is 3.35. The largest absolute Gasteiger partial charge is 0.463 e. The molecule has 0 saturated heterocycles. The fourth-order valence-electron chi connectivity index (χ4n) is 8.64. The number of ether oxygens (including phenoxy) is 2. The third-order valence-electron chi connectivity index (χ3n) is 10.2. The molecule has 4 aliphatic rings. The molecule has 0 aromatic carbocycles. The summed E-state index contributed by atoms with van der Waals surface area (Å²) < 4.78 is 11.1. The predicted octanol–water partition coefficient (Wildman–Crippen LogP) is 3.61. The second-order valence-electron chi connectivity index (χ2n) is 11.4. The fourth-order valence-corrected chi connectivity index (χ4v) is 8.64. The number of esters is 2. The Balaban J connectivity index is 1.60. The monoisotopic (exact) mass is 436 g/mol. The van der Waals surface area contributed by atoms with Crippen molar-refractivity contribution in [1.82, 2.24) is 0 Å². The van der Waals surface area contributed by atoms with Crippen molar-refractivity contribution in [2.45, 2.75) is 110 Å². The van der Waals surface area contributed by atoms with Gasteiger partial charge in [0.25, 0.3) is 0 Å². The van der Waals surface area contributed by atoms with E-state index in [1.807, 2.05) is 13.8 Å². The van der Waals surface area contributed by atoms with Crippen LogP contribution in [0.25, 0.3) is 0 Å². The predicted molar refractivity (Wildman–Crippen MR) is 115 cm³/mol. The van der Waals surface area contributed by atoms with Crippen LogP contribution < -0.4 is 0 Å². The van der Waals surface area contributed by atoms with Crippen LogP contribution in [0.3, 0.4) is 0 Å². The second kappa shape index (κ2) is 7.72. The quantitative estimate of drug-likeness (QED) is 0.657. The molecule has 6 nitrogen and oxygen atoms in total. The first-order valence-corrected chi connectivity index (χ1v) is 12.2. The molecule has 0 spiro atoms. The highest BCUT2D eigenvalue weighted by Gasteiger charge is 2.71. The van der Waals surface area contributed by atoms with E-state index >= 15 is 0 Å². The van der Waals surface area contributed by atoms with Crippen LogP contribution in [0.2, 0.25) is 0 Å². The highest BCUT2D eigenvalue weighted by Crippen LogP contribution is 2.69. The van der Waals surface area contributed by atoms with Gasteiger partial charge in [0.1, 0.15) is 12.2 Å². The molecule has 6 heteroatoms. The van der Waals surface area contributed by atoms with Gasteiger partial charge in [-0.05, 0) is 81.5 Å². The maximum absolute atomic E-state index is 12.2. The van der Waals surface area contributed by atoms with Gasteiger partial charge in [0, 0.05) is 25.2 Å². The minimum atomic E-state index is -0.949. The molecule has 31 heavy (non-hydrogen) atoms. The Labute approximate surface area is 186 Å². The van der Waals surface area contributed by atoms with Crippen LogP contribution in [0, 0.1) is 34.5 Å². The van der Waals surface area contributed by atoms with Crippen molar-refractivity contribution in [3.8, 4) is 0 Å². The molecule has 176 valence electrons. The van der Waals surface area contributed by atoms with Crippen molar-refractivity contribution in [1.29, 1.82) is 0 Å². The van der Waals surface area contributed by atoms with Gasteiger partial charge in [-0.25, -0.2) is 0 Å². The lowest BCUT2D eigenvalue weighted by Crippen LogP contribution is -2.67. The van der Waals surface area contributed by atoms with E-state index in [9.17, 15) is 19.8 Å². The number of carbonyl (C=O) groups excluding carboxylic acids is 2. The van der Waals surface area contributed by atoms with Crippen LogP contribution in [0.1, 0.15) is 86.0 Å². The lowest BCUT2D eigenvalue weighted by atomic mass is 9.42. The molecule has 4 rings (SSSR count). The summed E-state index contributed by atoms with van der Waals surface area (Å²) >= 11 is 0. The van der Waals surface area contributed by atoms with Crippen molar-refractivity contribution >= 4 is 11.9 Å². The highest BCUT2D eigenvalue weighted by molar-refractivity contribution is 5.66. The van der Waals surface area contributed by atoms with Gasteiger partial charge in [-0.3, -0.25) is 9.59 Å². The van der Waals surface area contributed by atoms with Crippen molar-refractivity contribution in [2.75, 3.05) is 0 Å². The molecule has 0 aromatic rings. The standard InChI is InChI=1S/C25H40O6/c1-14(30-15(2)26)19-9-11-25(29)20-7-6-17-12-18(31-16(3)27)8-10-23(17,4)21(20)13-22(28)24(19,25)5/h14,17-22,28-29H,6-13H2,1-5H3/t14-,17+,18+,19-,20-,21+,22-,23+,24+,25+/m1/s1. The van der Waals surface area contributed by atoms with Crippen LogP contribution in [0.5, 0.6) is 0 Å². The molecule has 0 bridgehead atoms. The number of rotatable bonds is 3. The zero-order chi connectivity index (χ0) is 22.8. The van der Waals surface area contributed by atoms with Crippen LogP contribution in [0.4, 0.5) is 0 Å². The molecule has 10 atom stereocenters. The SMILES string of the molecule is CC(=O)O[C@H]1CC[C@@]2(C)[C@@H](CC[C@@H]3[C@@H]2C[C@@H](O)[C@]2(C)[C@@H]([C@@H](C)OC(C)=O)CC[C@]32O)C1. The summed E-state index contributed by atoms with van der Waals surface area (Å²) in [5.41, 5.74) is -1.59. The summed E-state index contributed by atoms with van der Waals surface area (Å²) in [7, 11) is 0. The van der Waals surface area contributed by atoms with E-state index < -0.39 is 17.1 Å². The summed E-state index contributed by atoms with van der Waals surface area (Å²) in [5.74, 6) is 0.265. The first-order valence-electron chi connectivity index (χ1n) is 12.2. The molecule has 0 unspecified atom stereocenters. The molecule has 0 aliphatic heterocycles. The van der Waals surface area contributed by atoms with E-state index in [0.29, 0.717) is 18.8 Å². The molecule has 0 heterocycles. The number of hydrogen-bond acceptors (Lipinski definition) is 6. The van der Waals surface area contributed by atoms with Gasteiger partial charge in [0.15, 0.2) is 0 Å². The maximum Gasteiger partial charge on any atom is 0.302 e. The van der Waals surface area contributed by atoms with Crippen molar-refractivity contribution in [3.63, 3.8) is 0 Å². The molecular weight excluding hydrogens is 396 g/mol. The van der Waals surface area contributed by atoms with Crippen LogP contribution in [-0.4, -0.2) is 46.1 Å². The Morgan fingerprint density at radius 3 is 2.32 bits per heavy atom. The van der Waals surface area contributed by atoms with Gasteiger partial charge in [-0.1, -0.05) is 13.8 Å². The minimum Gasteiger partial charge on any atom is -0.463 e. The number of carbonyl (C=O) groups is 2. The average Bonchev–Trinajstić information content (AvgIpc) is 2.95. The number of aliphatic hydroxyl groups excluding tert-OH is 1. The number of hydrogen-bond donors (Lipinski definition) is 2. The van der Waals surface area contributed by atoms with E-state index in [2.05, 4.69) is 6.92 Å². The Kier molecular flexibility index (Phi) is 5.74. The Bertz CT molecular complexity index is 738. The van der Waals surface area contributed by atoms with E-state index in [4.69, 9.17) is 9.47 Å². The van der Waals surface area contributed by atoms with Gasteiger partial charge in [-0.15, -0.1) is 0 Å². The zero-order valence-corrected chi connectivity index (χ0v) is 19.7. The van der Waals surface area contributed by atoms with E-state index in [1.54, 1.807) is 0 Å². The molecule has 0 amide bonds. The Morgan fingerprint density at radius 1 is 0.968 bits per heavy atom. The van der Waals surface area contributed by atoms with E-state index in [0.717, 1.165) is 38.5 Å². The summed E-state index contributed by atoms with van der Waals surface area (Å²) in [6.45, 7) is 9.16. The van der Waals surface area contributed by atoms with Gasteiger partial charge < -0.3 is 19.7 Å². The van der Waals surface area contributed by atoms with Gasteiger partial charge in [0.2, 0.25) is 0 Å². The summed E-state index contributed by atoms with van der Waals surface area (Å²) in [6.07, 6.45) is 5.78. The van der Waals surface area contributed by atoms with Crippen LogP contribution >= 0.6 is 0 Å². The van der Waals surface area contributed by atoms with Crippen molar-refractivity contribution in [2.24, 2.45) is 34.5 Å². The normalized spacial score (nSPS) is 49.9. The Morgan fingerprint density at radius 2 is 1.68 bits per heavy atom. The van der Waals surface area contributed by atoms with E-state index in [-0.39, 0.29) is 47.3 Å². The molecule has 0 aromatic heterocycles. The fraction of sp³-hybridized carbons (Fsp3) is 0.920. The molecule has 4 fully saturated rings. The number of fused-ring (bicyclic) bond motifs is 5. The summed E-state index contributed by atoms with van der Waals surface area (Å²) in [5, 5.41) is 23.7. The molecular formula is C25H40O6. The van der Waals surface area contributed by atoms with E-state index in [1.165, 1.54) is 13.8 Å². The van der Waals surface area contributed by atoms with Gasteiger partial charge >= 0.3 is 11.9 Å². The third-order valence-corrected chi connectivity index (χ3v) is 10.2.